The Bertz CT molecular complexity index is 258. The normalized spacial score (nSPS) is 44.3. The molecule has 1 aliphatic heterocycles. The van der Waals surface area contributed by atoms with Crippen LogP contribution in [-0.4, -0.2) is 12.6 Å². The predicted molar refractivity (Wildman–Crippen MR) is 65.9 cm³/mol. The smallest absolute Gasteiger partial charge is 0.00451 e. The van der Waals surface area contributed by atoms with Gasteiger partial charge in [-0.25, -0.2) is 0 Å². The fourth-order valence-corrected chi connectivity index (χ4v) is 3.54. The summed E-state index contributed by atoms with van der Waals surface area (Å²) in [6, 6.07) is 0.714. The zero-order valence-electron chi connectivity index (χ0n) is 10.5. The van der Waals surface area contributed by atoms with Gasteiger partial charge in [0, 0.05) is 12.6 Å². The lowest BCUT2D eigenvalue weighted by Gasteiger charge is -2.41. The second kappa shape index (κ2) is 3.93. The number of allylic oxidation sites excluding steroid dienone is 2. The lowest BCUT2D eigenvalue weighted by atomic mass is 9.63. The summed E-state index contributed by atoms with van der Waals surface area (Å²) >= 11 is 0. The Hall–Kier alpha value is -0.300. The second-order valence-electron chi connectivity index (χ2n) is 5.89. The number of unbranched alkanes of at least 4 members (excludes halogenated alkanes) is 1. The van der Waals surface area contributed by atoms with Gasteiger partial charge < -0.3 is 5.32 Å². The summed E-state index contributed by atoms with van der Waals surface area (Å²) in [5.74, 6) is 0. The minimum absolute atomic E-state index is 0.459. The van der Waals surface area contributed by atoms with E-state index in [-0.39, 0.29) is 0 Å². The van der Waals surface area contributed by atoms with Gasteiger partial charge in [-0.15, -0.1) is 0 Å². The lowest BCUT2D eigenvalue weighted by Crippen LogP contribution is -2.37. The molecule has 0 aromatic heterocycles. The quantitative estimate of drug-likeness (QED) is 0.698. The molecule has 1 heterocycles. The van der Waals surface area contributed by atoms with E-state index in [0.29, 0.717) is 16.9 Å². The molecule has 1 heteroatoms. The van der Waals surface area contributed by atoms with Crippen LogP contribution in [0, 0.1) is 10.8 Å². The van der Waals surface area contributed by atoms with Gasteiger partial charge in [-0.2, -0.15) is 0 Å². The summed E-state index contributed by atoms with van der Waals surface area (Å²) in [4.78, 5) is 0. The Morgan fingerprint density at radius 2 is 2.27 bits per heavy atom. The van der Waals surface area contributed by atoms with Crippen molar-refractivity contribution in [2.45, 2.75) is 58.9 Å². The molecule has 0 aromatic rings. The maximum atomic E-state index is 3.64. The van der Waals surface area contributed by atoms with Crippen LogP contribution in [0.5, 0.6) is 0 Å². The van der Waals surface area contributed by atoms with Crippen molar-refractivity contribution >= 4 is 0 Å². The van der Waals surface area contributed by atoms with Gasteiger partial charge in [0.15, 0.2) is 0 Å². The molecule has 2 aliphatic rings. The Labute approximate surface area is 94.3 Å². The average molecular weight is 207 g/mol. The Morgan fingerprint density at radius 1 is 1.47 bits per heavy atom. The van der Waals surface area contributed by atoms with E-state index in [9.17, 15) is 0 Å². The van der Waals surface area contributed by atoms with E-state index in [1.165, 1.54) is 38.6 Å². The topological polar surface area (TPSA) is 12.0 Å². The fraction of sp³-hybridized carbons (Fsp3) is 0.857. The SMILES string of the molecule is CCCCC1(C)C=CCC12CNC(C)C2. The minimum Gasteiger partial charge on any atom is -0.314 e. The van der Waals surface area contributed by atoms with Gasteiger partial charge in [0.05, 0.1) is 0 Å². The van der Waals surface area contributed by atoms with Crippen LogP contribution in [0.1, 0.15) is 52.9 Å². The first kappa shape index (κ1) is 11.2. The van der Waals surface area contributed by atoms with E-state index >= 15 is 0 Å². The van der Waals surface area contributed by atoms with Crippen LogP contribution in [-0.2, 0) is 0 Å². The highest BCUT2D eigenvalue weighted by Gasteiger charge is 2.51. The maximum Gasteiger partial charge on any atom is 0.00451 e. The average Bonchev–Trinajstić information content (AvgIpc) is 2.72. The van der Waals surface area contributed by atoms with Gasteiger partial charge in [-0.3, -0.25) is 0 Å². The third kappa shape index (κ3) is 1.75. The first-order valence-electron chi connectivity index (χ1n) is 6.53. The van der Waals surface area contributed by atoms with Crippen molar-refractivity contribution in [2.75, 3.05) is 6.54 Å². The molecule has 1 aliphatic carbocycles. The van der Waals surface area contributed by atoms with Crippen molar-refractivity contribution < 1.29 is 0 Å². The molecule has 15 heavy (non-hydrogen) atoms. The van der Waals surface area contributed by atoms with Gasteiger partial charge in [0.2, 0.25) is 0 Å². The molecule has 86 valence electrons. The van der Waals surface area contributed by atoms with E-state index in [0.717, 1.165) is 0 Å². The monoisotopic (exact) mass is 207 g/mol. The number of hydrogen-bond acceptors (Lipinski definition) is 1. The first-order chi connectivity index (χ1) is 7.12. The van der Waals surface area contributed by atoms with Crippen LogP contribution in [0.25, 0.3) is 0 Å². The molecule has 1 N–H and O–H groups in total. The molecule has 2 rings (SSSR count). The second-order valence-corrected chi connectivity index (χ2v) is 5.89. The molecule has 0 radical (unpaired) electrons. The lowest BCUT2D eigenvalue weighted by molar-refractivity contribution is 0.126. The highest BCUT2D eigenvalue weighted by atomic mass is 15.0. The molecule has 0 aromatic carbocycles. The molecule has 0 saturated carbocycles. The summed E-state index contributed by atoms with van der Waals surface area (Å²) in [7, 11) is 0. The summed E-state index contributed by atoms with van der Waals surface area (Å²) in [6.07, 6.45) is 11.6. The van der Waals surface area contributed by atoms with Crippen molar-refractivity contribution in [3.05, 3.63) is 12.2 Å². The molecule has 1 fully saturated rings. The molecule has 0 amide bonds. The summed E-state index contributed by atoms with van der Waals surface area (Å²) in [5, 5.41) is 3.64. The largest absolute Gasteiger partial charge is 0.314 e. The summed E-state index contributed by atoms with van der Waals surface area (Å²) in [6.45, 7) is 8.32. The van der Waals surface area contributed by atoms with Crippen molar-refractivity contribution in [3.8, 4) is 0 Å². The number of rotatable bonds is 3. The van der Waals surface area contributed by atoms with Crippen LogP contribution < -0.4 is 5.32 Å². The highest BCUT2D eigenvalue weighted by Crippen LogP contribution is 2.55. The van der Waals surface area contributed by atoms with Crippen LogP contribution in [0.2, 0.25) is 0 Å². The number of nitrogens with one attached hydrogen (secondary N) is 1. The van der Waals surface area contributed by atoms with Crippen molar-refractivity contribution in [1.82, 2.24) is 5.32 Å². The minimum atomic E-state index is 0.459. The van der Waals surface area contributed by atoms with Gasteiger partial charge in [-0.05, 0) is 37.0 Å². The molecular formula is C14H25N. The molecule has 1 saturated heterocycles. The third-order valence-corrected chi connectivity index (χ3v) is 4.74. The Balaban J connectivity index is 2.12. The van der Waals surface area contributed by atoms with Crippen molar-refractivity contribution in [1.29, 1.82) is 0 Å². The Kier molecular flexibility index (Phi) is 2.94. The zero-order valence-corrected chi connectivity index (χ0v) is 10.5. The van der Waals surface area contributed by atoms with E-state index in [2.05, 4.69) is 38.2 Å². The molecule has 1 nitrogen and oxygen atoms in total. The van der Waals surface area contributed by atoms with Gasteiger partial charge in [-0.1, -0.05) is 38.8 Å². The number of hydrogen-bond donors (Lipinski definition) is 1. The van der Waals surface area contributed by atoms with Gasteiger partial charge in [0.1, 0.15) is 0 Å². The molecular weight excluding hydrogens is 182 g/mol. The van der Waals surface area contributed by atoms with Gasteiger partial charge >= 0.3 is 0 Å². The standard InChI is InChI=1S/C14H25N/c1-4-5-7-13(3)8-6-9-14(13)10-12(2)15-11-14/h6,8,12,15H,4-5,7,9-11H2,1-3H3. The fourth-order valence-electron chi connectivity index (χ4n) is 3.54. The van der Waals surface area contributed by atoms with Crippen molar-refractivity contribution in [2.24, 2.45) is 10.8 Å². The van der Waals surface area contributed by atoms with Crippen LogP contribution >= 0.6 is 0 Å². The van der Waals surface area contributed by atoms with E-state index in [1.54, 1.807) is 0 Å². The zero-order chi connectivity index (χ0) is 10.9. The van der Waals surface area contributed by atoms with E-state index < -0.39 is 0 Å². The molecule has 3 unspecified atom stereocenters. The summed E-state index contributed by atoms with van der Waals surface area (Å²) < 4.78 is 0. The predicted octanol–water partition coefficient (Wildman–Crippen LogP) is 3.51. The maximum absolute atomic E-state index is 3.64. The Morgan fingerprint density at radius 3 is 2.87 bits per heavy atom. The third-order valence-electron chi connectivity index (χ3n) is 4.74. The van der Waals surface area contributed by atoms with Crippen molar-refractivity contribution in [3.63, 3.8) is 0 Å². The molecule has 1 spiro atoms. The van der Waals surface area contributed by atoms with Crippen LogP contribution in [0.4, 0.5) is 0 Å². The molecule has 0 bridgehead atoms. The van der Waals surface area contributed by atoms with Gasteiger partial charge in [0.25, 0.3) is 0 Å². The van der Waals surface area contributed by atoms with Crippen LogP contribution in [0.15, 0.2) is 12.2 Å². The summed E-state index contributed by atoms with van der Waals surface area (Å²) in [5.41, 5.74) is 1.00. The van der Waals surface area contributed by atoms with E-state index in [1.807, 2.05) is 0 Å². The van der Waals surface area contributed by atoms with E-state index in [4.69, 9.17) is 0 Å². The molecule has 3 atom stereocenters. The van der Waals surface area contributed by atoms with Crippen LogP contribution in [0.3, 0.4) is 0 Å². The first-order valence-corrected chi connectivity index (χ1v) is 6.53. The highest BCUT2D eigenvalue weighted by molar-refractivity contribution is 5.19.